The lowest BCUT2D eigenvalue weighted by Crippen LogP contribution is -2.33. The van der Waals surface area contributed by atoms with Gasteiger partial charge < -0.3 is 14.5 Å². The van der Waals surface area contributed by atoms with Gasteiger partial charge in [-0.05, 0) is 18.4 Å². The van der Waals surface area contributed by atoms with Gasteiger partial charge in [0, 0.05) is 36.9 Å². The first-order valence-electron chi connectivity index (χ1n) is 6.48. The molecular weight excluding hydrogens is 278 g/mol. The van der Waals surface area contributed by atoms with Gasteiger partial charge in [0.05, 0.1) is 6.61 Å². The highest BCUT2D eigenvalue weighted by atomic mass is 32.1. The number of aliphatic hydroxyl groups excluding tert-OH is 1. The predicted molar refractivity (Wildman–Crippen MR) is 75.3 cm³/mol. The number of nitrogens with zero attached hydrogens (tertiary/aromatic N) is 3. The Labute approximate surface area is 121 Å². The van der Waals surface area contributed by atoms with Crippen LogP contribution in [-0.4, -0.2) is 45.8 Å². The molecule has 0 aliphatic heterocycles. The van der Waals surface area contributed by atoms with Crippen LogP contribution in [0, 0.1) is 0 Å². The van der Waals surface area contributed by atoms with E-state index < -0.39 is 0 Å². The molecule has 0 saturated carbocycles. The summed E-state index contributed by atoms with van der Waals surface area (Å²) in [4.78, 5) is 17.8. The molecule has 108 valence electrons. The summed E-state index contributed by atoms with van der Waals surface area (Å²) in [5.74, 6) is 0.993. The van der Waals surface area contributed by atoms with Gasteiger partial charge in [0.2, 0.25) is 17.6 Å². The summed E-state index contributed by atoms with van der Waals surface area (Å²) in [5, 5.41) is 16.7. The summed E-state index contributed by atoms with van der Waals surface area (Å²) in [6, 6.07) is 1.92. The second kappa shape index (κ2) is 7.16. The van der Waals surface area contributed by atoms with Crippen molar-refractivity contribution in [1.82, 2.24) is 15.0 Å². The monoisotopic (exact) mass is 295 g/mol. The van der Waals surface area contributed by atoms with Crippen LogP contribution in [-0.2, 0) is 11.2 Å². The number of amides is 1. The minimum atomic E-state index is -0.0254. The number of thiophene rings is 1. The van der Waals surface area contributed by atoms with Crippen LogP contribution in [0.4, 0.5) is 0 Å². The van der Waals surface area contributed by atoms with Gasteiger partial charge in [0.25, 0.3) is 0 Å². The van der Waals surface area contributed by atoms with Crippen molar-refractivity contribution >= 4 is 17.2 Å². The van der Waals surface area contributed by atoms with E-state index in [1.54, 1.807) is 16.2 Å². The third-order valence-electron chi connectivity index (χ3n) is 2.90. The van der Waals surface area contributed by atoms with Gasteiger partial charge in [-0.1, -0.05) is 5.16 Å². The number of carbonyl (C=O) groups is 1. The summed E-state index contributed by atoms with van der Waals surface area (Å²) in [7, 11) is 0. The standard InChI is InChI=1S/C13H17N3O3S/c1-2-16(6-7-17)12(18)4-3-11-14-13(15-19-11)10-5-8-20-9-10/h5,8-9,17H,2-4,6-7H2,1H3. The summed E-state index contributed by atoms with van der Waals surface area (Å²) >= 11 is 1.57. The predicted octanol–water partition coefficient (Wildman–Crippen LogP) is 1.57. The molecule has 2 heterocycles. The molecule has 0 spiro atoms. The molecule has 0 bridgehead atoms. The largest absolute Gasteiger partial charge is 0.395 e. The van der Waals surface area contributed by atoms with Crippen molar-refractivity contribution in [3.8, 4) is 11.4 Å². The van der Waals surface area contributed by atoms with Gasteiger partial charge in [0.15, 0.2) is 0 Å². The second-order valence-electron chi connectivity index (χ2n) is 4.22. The van der Waals surface area contributed by atoms with E-state index in [-0.39, 0.29) is 12.5 Å². The molecule has 1 N–H and O–H groups in total. The molecule has 7 heteroatoms. The average molecular weight is 295 g/mol. The minimum Gasteiger partial charge on any atom is -0.395 e. The van der Waals surface area contributed by atoms with Crippen LogP contribution < -0.4 is 0 Å². The third kappa shape index (κ3) is 3.64. The quantitative estimate of drug-likeness (QED) is 0.838. The normalized spacial score (nSPS) is 10.7. The molecule has 20 heavy (non-hydrogen) atoms. The van der Waals surface area contributed by atoms with Gasteiger partial charge in [-0.3, -0.25) is 4.79 Å². The number of hydrogen-bond acceptors (Lipinski definition) is 6. The molecule has 2 aromatic rings. The molecule has 0 aliphatic rings. The molecule has 0 fully saturated rings. The SMILES string of the molecule is CCN(CCO)C(=O)CCc1nc(-c2ccsc2)no1. The van der Waals surface area contributed by atoms with Gasteiger partial charge in [-0.15, -0.1) is 0 Å². The van der Waals surface area contributed by atoms with E-state index in [1.807, 2.05) is 23.8 Å². The molecule has 0 unspecified atom stereocenters. The summed E-state index contributed by atoms with van der Waals surface area (Å²) in [5.41, 5.74) is 0.923. The van der Waals surface area contributed by atoms with E-state index in [1.165, 1.54) is 0 Å². The molecule has 0 aliphatic carbocycles. The number of aliphatic hydroxyl groups is 1. The molecule has 2 rings (SSSR count). The molecule has 0 radical (unpaired) electrons. The van der Waals surface area contributed by atoms with Crippen molar-refractivity contribution in [2.75, 3.05) is 19.7 Å². The maximum Gasteiger partial charge on any atom is 0.227 e. The van der Waals surface area contributed by atoms with Crippen LogP contribution in [0.5, 0.6) is 0 Å². The van der Waals surface area contributed by atoms with Crippen LogP contribution >= 0.6 is 11.3 Å². The van der Waals surface area contributed by atoms with Crippen molar-refractivity contribution in [2.24, 2.45) is 0 Å². The highest BCUT2D eigenvalue weighted by molar-refractivity contribution is 7.08. The molecule has 0 aromatic carbocycles. The van der Waals surface area contributed by atoms with E-state index in [0.29, 0.717) is 37.6 Å². The van der Waals surface area contributed by atoms with Gasteiger partial charge in [0.1, 0.15) is 0 Å². The Kier molecular flexibility index (Phi) is 5.25. The van der Waals surface area contributed by atoms with Crippen LogP contribution in [0.15, 0.2) is 21.3 Å². The maximum absolute atomic E-state index is 11.9. The Balaban J connectivity index is 1.90. The van der Waals surface area contributed by atoms with E-state index in [2.05, 4.69) is 10.1 Å². The lowest BCUT2D eigenvalue weighted by atomic mass is 10.2. The van der Waals surface area contributed by atoms with E-state index in [9.17, 15) is 4.79 Å². The highest BCUT2D eigenvalue weighted by Gasteiger charge is 2.14. The fourth-order valence-corrected chi connectivity index (χ4v) is 2.45. The average Bonchev–Trinajstić information content (AvgIpc) is 3.12. The zero-order valence-corrected chi connectivity index (χ0v) is 12.1. The fraction of sp³-hybridized carbons (Fsp3) is 0.462. The van der Waals surface area contributed by atoms with Crippen molar-refractivity contribution in [2.45, 2.75) is 19.8 Å². The molecule has 1 amide bonds. The first-order chi connectivity index (χ1) is 9.74. The molecular formula is C13H17N3O3S. The van der Waals surface area contributed by atoms with Gasteiger partial charge >= 0.3 is 0 Å². The molecule has 0 atom stereocenters. The smallest absolute Gasteiger partial charge is 0.227 e. The van der Waals surface area contributed by atoms with Crippen LogP contribution in [0.25, 0.3) is 11.4 Å². The van der Waals surface area contributed by atoms with Crippen LogP contribution in [0.2, 0.25) is 0 Å². The number of likely N-dealkylation sites (N-methyl/N-ethyl adjacent to an activating group) is 1. The fourth-order valence-electron chi connectivity index (χ4n) is 1.82. The maximum atomic E-state index is 11.9. The van der Waals surface area contributed by atoms with Gasteiger partial charge in [-0.2, -0.15) is 16.3 Å². The van der Waals surface area contributed by atoms with Gasteiger partial charge in [-0.25, -0.2) is 0 Å². The summed E-state index contributed by atoms with van der Waals surface area (Å²) < 4.78 is 5.14. The Bertz CT molecular complexity index is 539. The zero-order chi connectivity index (χ0) is 14.4. The Morgan fingerprint density at radius 1 is 1.55 bits per heavy atom. The number of aryl methyl sites for hydroxylation is 1. The summed E-state index contributed by atoms with van der Waals surface area (Å²) in [6.45, 7) is 2.81. The van der Waals surface area contributed by atoms with Crippen molar-refractivity contribution in [1.29, 1.82) is 0 Å². The third-order valence-corrected chi connectivity index (χ3v) is 3.59. The van der Waals surface area contributed by atoms with E-state index in [4.69, 9.17) is 9.63 Å². The van der Waals surface area contributed by atoms with E-state index in [0.717, 1.165) is 5.56 Å². The van der Waals surface area contributed by atoms with Crippen LogP contribution in [0.3, 0.4) is 0 Å². The van der Waals surface area contributed by atoms with Crippen LogP contribution in [0.1, 0.15) is 19.2 Å². The number of rotatable bonds is 7. The lowest BCUT2D eigenvalue weighted by Gasteiger charge is -2.18. The topological polar surface area (TPSA) is 79.5 Å². The number of hydrogen-bond donors (Lipinski definition) is 1. The molecule has 0 saturated heterocycles. The second-order valence-corrected chi connectivity index (χ2v) is 5.00. The Hall–Kier alpha value is -1.73. The number of carbonyl (C=O) groups excluding carboxylic acids is 1. The highest BCUT2D eigenvalue weighted by Crippen LogP contribution is 2.19. The zero-order valence-electron chi connectivity index (χ0n) is 11.3. The lowest BCUT2D eigenvalue weighted by molar-refractivity contribution is -0.131. The first kappa shape index (κ1) is 14.7. The summed E-state index contributed by atoms with van der Waals surface area (Å²) in [6.07, 6.45) is 0.719. The Morgan fingerprint density at radius 2 is 2.40 bits per heavy atom. The van der Waals surface area contributed by atoms with Crippen molar-refractivity contribution in [3.63, 3.8) is 0 Å². The van der Waals surface area contributed by atoms with Crippen molar-refractivity contribution < 1.29 is 14.4 Å². The Morgan fingerprint density at radius 3 is 3.05 bits per heavy atom. The first-order valence-corrected chi connectivity index (χ1v) is 7.42. The van der Waals surface area contributed by atoms with Crippen molar-refractivity contribution in [3.05, 3.63) is 22.7 Å². The van der Waals surface area contributed by atoms with E-state index >= 15 is 0 Å². The minimum absolute atomic E-state index is 0.0168. The molecule has 6 nitrogen and oxygen atoms in total. The number of aromatic nitrogens is 2. The molecule has 2 aromatic heterocycles.